The molecule has 7 heteroatoms. The molecule has 0 radical (unpaired) electrons. The molecular weight excluding hydrogens is 703 g/mol. The zero-order valence-electron chi connectivity index (χ0n) is 30.0. The van der Waals surface area contributed by atoms with Crippen molar-refractivity contribution in [2.45, 2.75) is 36.0 Å². The summed E-state index contributed by atoms with van der Waals surface area (Å²) >= 11 is 1.76. The predicted octanol–water partition coefficient (Wildman–Crippen LogP) is 10.9. The number of ether oxygens (including phenoxy) is 3. The van der Waals surface area contributed by atoms with Crippen LogP contribution >= 0.6 is 11.8 Å². The lowest BCUT2D eigenvalue weighted by molar-refractivity contribution is 0.456. The second-order valence-electron chi connectivity index (χ2n) is 14.9. The highest BCUT2D eigenvalue weighted by molar-refractivity contribution is 7.99. The summed E-state index contributed by atoms with van der Waals surface area (Å²) in [5.41, 5.74) is 5.17. The Labute approximate surface area is 316 Å². The Balaban J connectivity index is 1.15. The first kappa shape index (κ1) is 32.2. The van der Waals surface area contributed by atoms with E-state index in [1.54, 1.807) is 11.8 Å². The third kappa shape index (κ3) is 5.02. The van der Waals surface area contributed by atoms with Gasteiger partial charge in [0.1, 0.15) is 39.1 Å². The number of anilines is 3. The van der Waals surface area contributed by atoms with E-state index in [1.807, 2.05) is 12.1 Å². The largest absolute Gasteiger partial charge is 0.455 e. The molecule has 0 fully saturated rings. The Bertz CT molecular complexity index is 2490. The fraction of sp³-hybridized carbons (Fsp3) is 0.0870. The van der Waals surface area contributed by atoms with Gasteiger partial charge in [-0.25, -0.2) is 0 Å². The average molecular weight is 740 g/mol. The van der Waals surface area contributed by atoms with Crippen LogP contribution in [0.3, 0.4) is 0 Å². The zero-order valence-corrected chi connectivity index (χ0v) is 32.8. The van der Waals surface area contributed by atoms with Crippen molar-refractivity contribution >= 4 is 65.7 Å². The number of hydrogen-bond acceptors (Lipinski definition) is 5. The lowest BCUT2D eigenvalue weighted by Crippen LogP contribution is -2.56. The van der Waals surface area contributed by atoms with Gasteiger partial charge in [-0.15, -0.1) is 0 Å². The summed E-state index contributed by atoms with van der Waals surface area (Å²) in [5.74, 6) is 5.51. The van der Waals surface area contributed by atoms with Gasteiger partial charge in [0.25, 0.3) is 0 Å². The number of para-hydroxylation sites is 6. The summed E-state index contributed by atoms with van der Waals surface area (Å²) in [6.45, 7) is 9.70. The van der Waals surface area contributed by atoms with Crippen LogP contribution in [-0.4, -0.2) is 16.1 Å². The van der Waals surface area contributed by atoms with Crippen LogP contribution in [-0.2, 0) is 0 Å². The van der Waals surface area contributed by atoms with E-state index in [0.717, 1.165) is 72.5 Å². The van der Waals surface area contributed by atoms with Crippen molar-refractivity contribution in [3.63, 3.8) is 0 Å². The minimum absolute atomic E-state index is 0.893. The SMILES string of the molecule is C[Si]1(C)c2ccccc2Oc2c(N(c3ccc(-c4cccc5c4Oc4ccccc4S5)cc3)c3cccc4c3Oc3ccccc3[Si]4(C)C)cccc21. The molecule has 4 nitrogen and oxygen atoms in total. The minimum atomic E-state index is -2.09. The third-order valence-electron chi connectivity index (χ3n) is 11.1. The smallest absolute Gasteiger partial charge is 0.151 e. The fourth-order valence-electron chi connectivity index (χ4n) is 8.23. The normalized spacial score (nSPS) is 15.1. The maximum absolute atomic E-state index is 6.94. The van der Waals surface area contributed by atoms with Gasteiger partial charge in [0, 0.05) is 11.3 Å². The molecular formula is C46H37NO3SSi2. The van der Waals surface area contributed by atoms with Crippen LogP contribution < -0.4 is 39.9 Å². The van der Waals surface area contributed by atoms with Gasteiger partial charge < -0.3 is 19.1 Å². The molecule has 0 aromatic heterocycles. The number of benzene rings is 7. The Morgan fingerprint density at radius 2 is 0.887 bits per heavy atom. The van der Waals surface area contributed by atoms with Crippen LogP contribution in [0.2, 0.25) is 26.2 Å². The van der Waals surface area contributed by atoms with E-state index in [1.165, 1.54) is 20.7 Å². The highest BCUT2D eigenvalue weighted by atomic mass is 32.2. The molecule has 3 aliphatic heterocycles. The molecule has 7 aromatic rings. The van der Waals surface area contributed by atoms with Crippen LogP contribution in [0.15, 0.2) is 161 Å². The van der Waals surface area contributed by atoms with Gasteiger partial charge in [-0.2, -0.15) is 0 Å². The molecule has 3 heterocycles. The summed E-state index contributed by atoms with van der Waals surface area (Å²) in [7, 11) is -4.19. The van der Waals surface area contributed by atoms with Gasteiger partial charge >= 0.3 is 0 Å². The lowest BCUT2D eigenvalue weighted by Gasteiger charge is -2.38. The Morgan fingerprint density at radius 3 is 1.49 bits per heavy atom. The number of rotatable bonds is 4. The maximum atomic E-state index is 6.94. The minimum Gasteiger partial charge on any atom is -0.455 e. The second kappa shape index (κ2) is 12.0. The van der Waals surface area contributed by atoms with Crippen LogP contribution in [0, 0.1) is 0 Å². The van der Waals surface area contributed by atoms with E-state index < -0.39 is 16.1 Å². The van der Waals surface area contributed by atoms with Crippen molar-refractivity contribution in [1.82, 2.24) is 0 Å². The lowest BCUT2D eigenvalue weighted by atomic mass is 10.0. The van der Waals surface area contributed by atoms with Gasteiger partial charge in [0.05, 0.1) is 21.2 Å². The topological polar surface area (TPSA) is 30.9 Å². The number of hydrogen-bond donors (Lipinski definition) is 0. The van der Waals surface area contributed by atoms with Gasteiger partial charge in [0.2, 0.25) is 0 Å². The zero-order chi connectivity index (χ0) is 35.9. The monoisotopic (exact) mass is 739 g/mol. The fourth-order valence-corrected chi connectivity index (χ4v) is 14.8. The van der Waals surface area contributed by atoms with Crippen molar-refractivity contribution in [2.24, 2.45) is 0 Å². The molecule has 0 saturated heterocycles. The van der Waals surface area contributed by atoms with E-state index in [9.17, 15) is 0 Å². The molecule has 0 spiro atoms. The first-order valence-corrected chi connectivity index (χ1v) is 24.9. The first-order valence-electron chi connectivity index (χ1n) is 18.1. The van der Waals surface area contributed by atoms with Gasteiger partial charge in [-0.3, -0.25) is 0 Å². The third-order valence-corrected chi connectivity index (χ3v) is 19.2. The maximum Gasteiger partial charge on any atom is 0.151 e. The molecule has 3 aliphatic rings. The summed E-state index contributed by atoms with van der Waals surface area (Å²) in [4.78, 5) is 4.60. The van der Waals surface area contributed by atoms with Crippen molar-refractivity contribution in [3.05, 3.63) is 152 Å². The standard InChI is InChI=1S/C46H37NO3SSi2/c1-52(2)40-22-9-6-18-36(40)49-45-33(15-12-24-42(45)52)47(34-16-13-25-43-46(34)50-37-19-7-10-23-41(37)53(43,3)4)31-28-26-30(27-29-31)32-14-11-21-39-44(32)48-35-17-5-8-20-38(35)51-39/h5-29H,1-4H3. The van der Waals surface area contributed by atoms with E-state index in [0.29, 0.717) is 0 Å². The van der Waals surface area contributed by atoms with E-state index >= 15 is 0 Å². The molecule has 0 N–H and O–H groups in total. The Hall–Kier alpha value is -5.48. The predicted molar refractivity (Wildman–Crippen MR) is 224 cm³/mol. The van der Waals surface area contributed by atoms with Crippen molar-refractivity contribution in [1.29, 1.82) is 0 Å². The van der Waals surface area contributed by atoms with Crippen molar-refractivity contribution in [2.75, 3.05) is 4.90 Å². The van der Waals surface area contributed by atoms with E-state index in [4.69, 9.17) is 14.2 Å². The Morgan fingerprint density at radius 1 is 0.415 bits per heavy atom. The van der Waals surface area contributed by atoms with E-state index in [2.05, 4.69) is 171 Å². The second-order valence-corrected chi connectivity index (χ2v) is 24.7. The van der Waals surface area contributed by atoms with Crippen LogP contribution in [0.4, 0.5) is 17.1 Å². The van der Waals surface area contributed by atoms with Crippen LogP contribution in [0.25, 0.3) is 11.1 Å². The molecule has 0 unspecified atom stereocenters. The molecule has 10 rings (SSSR count). The molecule has 0 atom stereocenters. The average Bonchev–Trinajstić information content (AvgIpc) is 3.18. The molecule has 7 aromatic carbocycles. The summed E-state index contributed by atoms with van der Waals surface area (Å²) in [6.07, 6.45) is 0. The first-order chi connectivity index (χ1) is 25.8. The Kier molecular flexibility index (Phi) is 7.31. The highest BCUT2D eigenvalue weighted by Crippen LogP contribution is 2.52. The molecule has 0 aliphatic carbocycles. The van der Waals surface area contributed by atoms with Gasteiger partial charge in [0.15, 0.2) is 11.5 Å². The molecule has 0 saturated carbocycles. The quantitative estimate of drug-likeness (QED) is 0.168. The summed E-state index contributed by atoms with van der Waals surface area (Å²) in [5, 5.41) is 5.21. The molecule has 0 bridgehead atoms. The summed E-state index contributed by atoms with van der Waals surface area (Å²) < 4.78 is 20.4. The molecule has 0 amide bonds. The number of nitrogens with zero attached hydrogens (tertiary/aromatic N) is 1. The number of fused-ring (bicyclic) bond motifs is 6. The molecule has 258 valence electrons. The van der Waals surface area contributed by atoms with Crippen molar-refractivity contribution < 1.29 is 14.2 Å². The van der Waals surface area contributed by atoms with Crippen LogP contribution in [0.1, 0.15) is 0 Å². The van der Waals surface area contributed by atoms with Crippen molar-refractivity contribution in [3.8, 4) is 45.6 Å². The van der Waals surface area contributed by atoms with Crippen LogP contribution in [0.5, 0.6) is 34.5 Å². The molecule has 53 heavy (non-hydrogen) atoms. The summed E-state index contributed by atoms with van der Waals surface area (Å²) in [6, 6.07) is 53.9. The van der Waals surface area contributed by atoms with E-state index in [-0.39, 0.29) is 0 Å². The highest BCUT2D eigenvalue weighted by Gasteiger charge is 2.41. The van der Waals surface area contributed by atoms with Gasteiger partial charge in [-0.05, 0) is 80.9 Å². The van der Waals surface area contributed by atoms with Gasteiger partial charge in [-0.1, -0.05) is 135 Å².